The number of fused-ring (bicyclic) bond motifs is 1. The van der Waals surface area contributed by atoms with Crippen molar-refractivity contribution in [3.8, 4) is 0 Å². The monoisotopic (exact) mass is 274 g/mol. The highest BCUT2D eigenvalue weighted by Crippen LogP contribution is 2.26. The number of aliphatic carboxylic acids is 1. The zero-order chi connectivity index (χ0) is 14.1. The maximum atomic E-state index is 12.2. The molecule has 0 spiro atoms. The molecular weight excluding hydrogens is 256 g/mol. The standard InChI is InChI=1S/C15H18N2O3/c18-14(17-13-4-3-10(6-13)15(19)20)9-1-2-11-7-16-8-12(11)5-9/h1-2,5,10,13,16H,3-4,6-8H2,(H,17,18)(H,19,20)/t10-,13+/m1/s1. The van der Waals surface area contributed by atoms with E-state index in [-0.39, 0.29) is 17.9 Å². The van der Waals surface area contributed by atoms with Gasteiger partial charge < -0.3 is 15.7 Å². The van der Waals surface area contributed by atoms with Crippen molar-refractivity contribution in [2.45, 2.75) is 38.4 Å². The topological polar surface area (TPSA) is 78.4 Å². The Hall–Kier alpha value is -1.88. The third-order valence-electron chi connectivity index (χ3n) is 4.22. The van der Waals surface area contributed by atoms with Crippen LogP contribution in [-0.4, -0.2) is 23.0 Å². The molecule has 1 aromatic carbocycles. The van der Waals surface area contributed by atoms with Crippen LogP contribution in [0.25, 0.3) is 0 Å². The molecule has 0 aromatic heterocycles. The van der Waals surface area contributed by atoms with Crippen molar-refractivity contribution in [3.05, 3.63) is 34.9 Å². The van der Waals surface area contributed by atoms with E-state index in [0.29, 0.717) is 18.4 Å². The molecule has 106 valence electrons. The molecule has 1 aromatic rings. The molecule has 3 rings (SSSR count). The molecule has 1 saturated carbocycles. The third-order valence-corrected chi connectivity index (χ3v) is 4.22. The van der Waals surface area contributed by atoms with Gasteiger partial charge in [-0.25, -0.2) is 0 Å². The summed E-state index contributed by atoms with van der Waals surface area (Å²) in [5.41, 5.74) is 3.08. The predicted octanol–water partition coefficient (Wildman–Crippen LogP) is 1.27. The van der Waals surface area contributed by atoms with Gasteiger partial charge in [0.05, 0.1) is 5.92 Å². The SMILES string of the molecule is O=C(N[C@H]1CC[C@@H](C(=O)O)C1)c1ccc2c(c1)CNC2. The first-order valence-corrected chi connectivity index (χ1v) is 6.99. The minimum atomic E-state index is -0.759. The number of carbonyl (C=O) groups is 2. The maximum absolute atomic E-state index is 12.2. The van der Waals surface area contributed by atoms with Crippen LogP contribution < -0.4 is 10.6 Å². The summed E-state index contributed by atoms with van der Waals surface area (Å²) >= 11 is 0. The third kappa shape index (κ3) is 2.54. The van der Waals surface area contributed by atoms with Gasteiger partial charge in [0.1, 0.15) is 0 Å². The van der Waals surface area contributed by atoms with Crippen LogP contribution in [0.1, 0.15) is 40.7 Å². The van der Waals surface area contributed by atoms with Crippen molar-refractivity contribution in [1.29, 1.82) is 0 Å². The number of carboxylic acids is 1. The van der Waals surface area contributed by atoms with Gasteiger partial charge >= 0.3 is 5.97 Å². The molecule has 0 saturated heterocycles. The fraction of sp³-hybridized carbons (Fsp3) is 0.467. The first-order chi connectivity index (χ1) is 9.63. The fourth-order valence-electron chi connectivity index (χ4n) is 3.04. The minimum Gasteiger partial charge on any atom is -0.481 e. The second-order valence-electron chi connectivity index (χ2n) is 5.61. The van der Waals surface area contributed by atoms with E-state index in [4.69, 9.17) is 5.11 Å². The summed E-state index contributed by atoms with van der Waals surface area (Å²) in [6.45, 7) is 1.67. The maximum Gasteiger partial charge on any atom is 0.306 e. The van der Waals surface area contributed by atoms with Gasteiger partial charge in [-0.05, 0) is 42.5 Å². The van der Waals surface area contributed by atoms with Gasteiger partial charge in [-0.1, -0.05) is 6.07 Å². The Balaban J connectivity index is 1.64. The van der Waals surface area contributed by atoms with Gasteiger partial charge in [0.2, 0.25) is 0 Å². The van der Waals surface area contributed by atoms with Gasteiger partial charge in [0.25, 0.3) is 5.91 Å². The lowest BCUT2D eigenvalue weighted by molar-refractivity contribution is -0.141. The number of hydrogen-bond acceptors (Lipinski definition) is 3. The lowest BCUT2D eigenvalue weighted by Gasteiger charge is -2.13. The Morgan fingerprint density at radius 2 is 2.00 bits per heavy atom. The van der Waals surface area contributed by atoms with E-state index in [2.05, 4.69) is 10.6 Å². The summed E-state index contributed by atoms with van der Waals surface area (Å²) in [7, 11) is 0. The molecule has 2 aliphatic rings. The van der Waals surface area contributed by atoms with Crippen molar-refractivity contribution < 1.29 is 14.7 Å². The van der Waals surface area contributed by atoms with E-state index in [0.717, 1.165) is 19.5 Å². The number of carboxylic acid groups (broad SMARTS) is 1. The van der Waals surface area contributed by atoms with Crippen LogP contribution in [0, 0.1) is 5.92 Å². The van der Waals surface area contributed by atoms with Crippen molar-refractivity contribution >= 4 is 11.9 Å². The van der Waals surface area contributed by atoms with E-state index >= 15 is 0 Å². The van der Waals surface area contributed by atoms with Crippen molar-refractivity contribution in [3.63, 3.8) is 0 Å². The molecule has 0 radical (unpaired) electrons. The number of nitrogens with one attached hydrogen (secondary N) is 2. The van der Waals surface area contributed by atoms with Gasteiger partial charge in [-0.3, -0.25) is 9.59 Å². The Kier molecular flexibility index (Phi) is 3.44. The summed E-state index contributed by atoms with van der Waals surface area (Å²) < 4.78 is 0. The smallest absolute Gasteiger partial charge is 0.306 e. The second-order valence-corrected chi connectivity index (χ2v) is 5.61. The molecule has 1 heterocycles. The molecule has 1 aliphatic heterocycles. The normalized spacial score (nSPS) is 24.4. The number of carbonyl (C=O) groups excluding carboxylic acids is 1. The average Bonchev–Trinajstić information content (AvgIpc) is 3.05. The highest BCUT2D eigenvalue weighted by molar-refractivity contribution is 5.94. The molecule has 5 nitrogen and oxygen atoms in total. The van der Waals surface area contributed by atoms with Crippen LogP contribution in [0.4, 0.5) is 0 Å². The summed E-state index contributed by atoms with van der Waals surface area (Å²) in [6, 6.07) is 5.73. The summed E-state index contributed by atoms with van der Waals surface area (Å²) in [5.74, 6) is -1.18. The Labute approximate surface area is 117 Å². The number of benzene rings is 1. The van der Waals surface area contributed by atoms with Crippen molar-refractivity contribution in [2.24, 2.45) is 5.92 Å². The highest BCUT2D eigenvalue weighted by Gasteiger charge is 2.30. The van der Waals surface area contributed by atoms with E-state index in [1.54, 1.807) is 0 Å². The van der Waals surface area contributed by atoms with Crippen LogP contribution in [0.2, 0.25) is 0 Å². The molecule has 1 amide bonds. The largest absolute Gasteiger partial charge is 0.481 e. The lowest BCUT2D eigenvalue weighted by atomic mass is 10.1. The second kappa shape index (κ2) is 5.25. The molecular formula is C15H18N2O3. The van der Waals surface area contributed by atoms with Crippen LogP contribution in [0.5, 0.6) is 0 Å². The quantitative estimate of drug-likeness (QED) is 0.775. The van der Waals surface area contributed by atoms with Gasteiger partial charge in [-0.15, -0.1) is 0 Å². The van der Waals surface area contributed by atoms with Crippen LogP contribution >= 0.6 is 0 Å². The Morgan fingerprint density at radius 1 is 1.20 bits per heavy atom. The zero-order valence-electron chi connectivity index (χ0n) is 11.2. The van der Waals surface area contributed by atoms with E-state index < -0.39 is 5.97 Å². The first-order valence-electron chi connectivity index (χ1n) is 6.99. The summed E-state index contributed by atoms with van der Waals surface area (Å²) in [4.78, 5) is 23.1. The fourth-order valence-corrected chi connectivity index (χ4v) is 3.04. The van der Waals surface area contributed by atoms with Crippen molar-refractivity contribution in [1.82, 2.24) is 10.6 Å². The molecule has 1 fully saturated rings. The van der Waals surface area contributed by atoms with E-state index in [9.17, 15) is 9.59 Å². The first kappa shape index (κ1) is 13.1. The number of rotatable bonds is 3. The minimum absolute atomic E-state index is 0.0185. The van der Waals surface area contributed by atoms with E-state index in [1.165, 1.54) is 11.1 Å². The zero-order valence-corrected chi connectivity index (χ0v) is 11.2. The predicted molar refractivity (Wildman–Crippen MR) is 73.2 cm³/mol. The highest BCUT2D eigenvalue weighted by atomic mass is 16.4. The molecule has 0 bridgehead atoms. The van der Waals surface area contributed by atoms with Crippen LogP contribution in [-0.2, 0) is 17.9 Å². The Bertz CT molecular complexity index is 556. The van der Waals surface area contributed by atoms with Crippen LogP contribution in [0.15, 0.2) is 18.2 Å². The molecule has 20 heavy (non-hydrogen) atoms. The van der Waals surface area contributed by atoms with Gasteiger partial charge in [-0.2, -0.15) is 0 Å². The Morgan fingerprint density at radius 3 is 2.75 bits per heavy atom. The van der Waals surface area contributed by atoms with Gasteiger partial charge in [0, 0.05) is 24.7 Å². The molecule has 2 atom stereocenters. The molecule has 5 heteroatoms. The average molecular weight is 274 g/mol. The number of amides is 1. The molecule has 1 aliphatic carbocycles. The molecule has 3 N–H and O–H groups in total. The lowest BCUT2D eigenvalue weighted by Crippen LogP contribution is -2.33. The van der Waals surface area contributed by atoms with Crippen LogP contribution in [0.3, 0.4) is 0 Å². The molecule has 0 unspecified atom stereocenters. The summed E-state index contributed by atoms with van der Waals surface area (Å²) in [6.07, 6.45) is 1.93. The van der Waals surface area contributed by atoms with E-state index in [1.807, 2.05) is 18.2 Å². The number of hydrogen-bond donors (Lipinski definition) is 3. The van der Waals surface area contributed by atoms with Gasteiger partial charge in [0.15, 0.2) is 0 Å². The van der Waals surface area contributed by atoms with Crippen molar-refractivity contribution in [2.75, 3.05) is 0 Å². The summed E-state index contributed by atoms with van der Waals surface area (Å²) in [5, 5.41) is 15.2.